The molecule has 0 aliphatic heterocycles. The van der Waals surface area contributed by atoms with Crippen molar-refractivity contribution in [2.45, 2.75) is 13.1 Å². The molecule has 0 saturated heterocycles. The van der Waals surface area contributed by atoms with E-state index in [1.807, 2.05) is 24.3 Å². The van der Waals surface area contributed by atoms with Gasteiger partial charge in [-0.15, -0.1) is 0 Å². The molecule has 0 aliphatic carbocycles. The second-order valence-electron chi connectivity index (χ2n) is 6.61. The zero-order valence-corrected chi connectivity index (χ0v) is 16.0. The van der Waals surface area contributed by atoms with Gasteiger partial charge in [-0.1, -0.05) is 66.2 Å². The highest BCUT2D eigenvalue weighted by molar-refractivity contribution is 6.30. The van der Waals surface area contributed by atoms with Crippen molar-refractivity contribution in [2.75, 3.05) is 0 Å². The van der Waals surface area contributed by atoms with E-state index in [1.165, 1.54) is 22.4 Å². The summed E-state index contributed by atoms with van der Waals surface area (Å²) in [7, 11) is 0. The molecular formula is C24H20ClNO2. The van der Waals surface area contributed by atoms with E-state index in [0.29, 0.717) is 23.1 Å². The van der Waals surface area contributed by atoms with Gasteiger partial charge in [-0.25, -0.2) is 0 Å². The fourth-order valence-electron chi connectivity index (χ4n) is 3.13. The van der Waals surface area contributed by atoms with E-state index < -0.39 is 0 Å². The molecule has 2 N–H and O–H groups in total. The minimum atomic E-state index is 0.0198. The molecule has 0 heterocycles. The number of para-hydroxylation sites is 1. The summed E-state index contributed by atoms with van der Waals surface area (Å²) >= 11 is 5.89. The van der Waals surface area contributed by atoms with Crippen molar-refractivity contribution < 1.29 is 9.84 Å². The number of hydrogen-bond acceptors (Lipinski definition) is 3. The Bertz CT molecular complexity index is 1110. The number of phenols is 1. The van der Waals surface area contributed by atoms with E-state index in [1.54, 1.807) is 12.1 Å². The maximum absolute atomic E-state index is 10.0. The topological polar surface area (TPSA) is 41.5 Å². The van der Waals surface area contributed by atoms with E-state index in [4.69, 9.17) is 16.3 Å². The van der Waals surface area contributed by atoms with Gasteiger partial charge in [0.25, 0.3) is 0 Å². The number of ether oxygens (including phenoxy) is 1. The van der Waals surface area contributed by atoms with Crippen LogP contribution in [0.5, 0.6) is 17.2 Å². The molecule has 0 radical (unpaired) electrons. The maximum atomic E-state index is 10.0. The molecule has 0 amide bonds. The molecule has 0 bridgehead atoms. The van der Waals surface area contributed by atoms with Crippen molar-refractivity contribution >= 4 is 22.4 Å². The van der Waals surface area contributed by atoms with Gasteiger partial charge in [0.2, 0.25) is 0 Å². The lowest BCUT2D eigenvalue weighted by molar-refractivity contribution is 0.408. The van der Waals surface area contributed by atoms with Crippen LogP contribution < -0.4 is 10.1 Å². The van der Waals surface area contributed by atoms with Crippen molar-refractivity contribution in [1.29, 1.82) is 0 Å². The van der Waals surface area contributed by atoms with Gasteiger partial charge < -0.3 is 15.2 Å². The van der Waals surface area contributed by atoms with Crippen molar-refractivity contribution in [3.05, 3.63) is 101 Å². The summed E-state index contributed by atoms with van der Waals surface area (Å²) in [4.78, 5) is 0. The van der Waals surface area contributed by atoms with Crippen LogP contribution in [-0.2, 0) is 13.1 Å². The van der Waals surface area contributed by atoms with E-state index in [9.17, 15) is 5.11 Å². The third-order valence-electron chi connectivity index (χ3n) is 4.57. The number of aromatic hydroxyl groups is 1. The fourth-order valence-corrected chi connectivity index (χ4v) is 3.30. The number of benzene rings is 4. The SMILES string of the molecule is Oc1cc(Cl)ccc1Oc1ccccc1CNCc1ccc2ccccc2c1. The monoisotopic (exact) mass is 389 g/mol. The molecule has 28 heavy (non-hydrogen) atoms. The minimum Gasteiger partial charge on any atom is -0.504 e. The van der Waals surface area contributed by atoms with Crippen LogP contribution >= 0.6 is 11.6 Å². The number of hydrogen-bond donors (Lipinski definition) is 2. The second kappa shape index (κ2) is 8.34. The average molecular weight is 390 g/mol. The average Bonchev–Trinajstić information content (AvgIpc) is 2.71. The Morgan fingerprint density at radius 3 is 2.39 bits per heavy atom. The van der Waals surface area contributed by atoms with Gasteiger partial charge in [-0.3, -0.25) is 0 Å². The number of rotatable bonds is 6. The molecule has 0 atom stereocenters. The summed E-state index contributed by atoms with van der Waals surface area (Å²) in [5.41, 5.74) is 2.24. The Hall–Kier alpha value is -3.01. The molecule has 4 heteroatoms. The highest BCUT2D eigenvalue weighted by atomic mass is 35.5. The molecule has 4 rings (SSSR count). The fraction of sp³-hybridized carbons (Fsp3) is 0.0833. The van der Waals surface area contributed by atoms with Crippen molar-refractivity contribution in [3.8, 4) is 17.2 Å². The normalized spacial score (nSPS) is 10.9. The van der Waals surface area contributed by atoms with Crippen LogP contribution in [0, 0.1) is 0 Å². The van der Waals surface area contributed by atoms with Crippen LogP contribution in [0.15, 0.2) is 84.9 Å². The molecule has 140 valence electrons. The van der Waals surface area contributed by atoms with Crippen LogP contribution in [0.2, 0.25) is 5.02 Å². The predicted octanol–water partition coefficient (Wildman–Crippen LogP) is 6.28. The maximum Gasteiger partial charge on any atom is 0.169 e. The van der Waals surface area contributed by atoms with Gasteiger partial charge in [0.1, 0.15) is 5.75 Å². The molecular weight excluding hydrogens is 370 g/mol. The lowest BCUT2D eigenvalue weighted by atomic mass is 10.1. The van der Waals surface area contributed by atoms with E-state index in [2.05, 4.69) is 47.8 Å². The standard InChI is InChI=1S/C24H20ClNO2/c25-21-11-12-24(22(27)14-21)28-23-8-4-3-7-20(23)16-26-15-17-9-10-18-5-1-2-6-19(18)13-17/h1-14,26-27H,15-16H2. The van der Waals surface area contributed by atoms with Gasteiger partial charge in [-0.2, -0.15) is 0 Å². The molecule has 0 spiro atoms. The van der Waals surface area contributed by atoms with Crippen LogP contribution in [0.4, 0.5) is 0 Å². The van der Waals surface area contributed by atoms with Crippen LogP contribution in [0.1, 0.15) is 11.1 Å². The predicted molar refractivity (Wildman–Crippen MR) is 114 cm³/mol. The lowest BCUT2D eigenvalue weighted by Gasteiger charge is -2.13. The lowest BCUT2D eigenvalue weighted by Crippen LogP contribution is -2.13. The van der Waals surface area contributed by atoms with Crippen LogP contribution in [0.25, 0.3) is 10.8 Å². The number of nitrogens with one attached hydrogen (secondary N) is 1. The molecule has 3 nitrogen and oxygen atoms in total. The molecule has 0 fully saturated rings. The van der Waals surface area contributed by atoms with E-state index in [0.717, 1.165) is 12.1 Å². The zero-order valence-electron chi connectivity index (χ0n) is 15.2. The first-order valence-electron chi connectivity index (χ1n) is 9.12. The Kier molecular flexibility index (Phi) is 5.47. The first-order chi connectivity index (χ1) is 13.7. The van der Waals surface area contributed by atoms with Crippen molar-refractivity contribution in [3.63, 3.8) is 0 Å². The largest absolute Gasteiger partial charge is 0.504 e. The molecule has 0 aromatic heterocycles. The third-order valence-corrected chi connectivity index (χ3v) is 4.81. The van der Waals surface area contributed by atoms with Crippen molar-refractivity contribution in [2.24, 2.45) is 0 Å². The molecule has 0 aliphatic rings. The van der Waals surface area contributed by atoms with Gasteiger partial charge in [0, 0.05) is 29.7 Å². The minimum absolute atomic E-state index is 0.0198. The Balaban J connectivity index is 1.44. The molecule has 4 aromatic rings. The second-order valence-corrected chi connectivity index (χ2v) is 7.04. The summed E-state index contributed by atoms with van der Waals surface area (Å²) < 4.78 is 5.91. The van der Waals surface area contributed by atoms with Gasteiger partial charge in [0.15, 0.2) is 11.5 Å². The molecule has 0 unspecified atom stereocenters. The quantitative estimate of drug-likeness (QED) is 0.407. The van der Waals surface area contributed by atoms with Gasteiger partial charge in [0.05, 0.1) is 0 Å². The summed E-state index contributed by atoms with van der Waals surface area (Å²) in [6, 6.07) is 27.5. The van der Waals surface area contributed by atoms with Crippen LogP contribution in [0.3, 0.4) is 0 Å². The first-order valence-corrected chi connectivity index (χ1v) is 9.49. The summed E-state index contributed by atoms with van der Waals surface area (Å²) in [6.45, 7) is 1.41. The Morgan fingerprint density at radius 2 is 1.54 bits per heavy atom. The number of fused-ring (bicyclic) bond motifs is 1. The zero-order chi connectivity index (χ0) is 19.3. The van der Waals surface area contributed by atoms with Crippen molar-refractivity contribution in [1.82, 2.24) is 5.32 Å². The molecule has 4 aromatic carbocycles. The highest BCUT2D eigenvalue weighted by Crippen LogP contribution is 2.34. The smallest absolute Gasteiger partial charge is 0.169 e. The summed E-state index contributed by atoms with van der Waals surface area (Å²) in [6.07, 6.45) is 0. The van der Waals surface area contributed by atoms with Gasteiger partial charge >= 0.3 is 0 Å². The summed E-state index contributed by atoms with van der Waals surface area (Å²) in [5, 5.41) is 16.4. The van der Waals surface area contributed by atoms with E-state index in [-0.39, 0.29) is 5.75 Å². The summed E-state index contributed by atoms with van der Waals surface area (Å²) in [5.74, 6) is 1.10. The highest BCUT2D eigenvalue weighted by Gasteiger charge is 2.08. The Morgan fingerprint density at radius 1 is 0.750 bits per heavy atom. The number of halogens is 1. The van der Waals surface area contributed by atoms with Crippen LogP contribution in [-0.4, -0.2) is 5.11 Å². The third kappa shape index (κ3) is 4.28. The van der Waals surface area contributed by atoms with E-state index >= 15 is 0 Å². The van der Waals surface area contributed by atoms with Gasteiger partial charge in [-0.05, 0) is 40.6 Å². The Labute approximate surface area is 169 Å². The number of phenolic OH excluding ortho intramolecular Hbond substituents is 1. The molecule has 0 saturated carbocycles. The first kappa shape index (κ1) is 18.4.